The molecule has 1 rings (SSSR count). The first-order chi connectivity index (χ1) is 10.4. The summed E-state index contributed by atoms with van der Waals surface area (Å²) >= 11 is 0. The Labute approximate surface area is 128 Å². The molecule has 7 nitrogen and oxygen atoms in total. The summed E-state index contributed by atoms with van der Waals surface area (Å²) in [5, 5.41) is 29.4. The number of unbranched alkanes of at least 4 members (excludes halogenated alkanes) is 2. The van der Waals surface area contributed by atoms with Crippen LogP contribution >= 0.6 is 0 Å². The van der Waals surface area contributed by atoms with Crippen molar-refractivity contribution in [2.75, 3.05) is 13.7 Å². The van der Waals surface area contributed by atoms with Crippen LogP contribution in [0.15, 0.2) is 6.08 Å². The molecule has 0 spiro atoms. The topological polar surface area (TPSA) is 102 Å². The Morgan fingerprint density at radius 1 is 1.18 bits per heavy atom. The van der Waals surface area contributed by atoms with E-state index in [4.69, 9.17) is 4.74 Å². The molecule has 0 amide bonds. The first kappa shape index (κ1) is 17.6. The predicted molar refractivity (Wildman–Crippen MR) is 81.6 cm³/mol. The molecule has 0 saturated heterocycles. The molecule has 0 saturated carbocycles. The maximum Gasteiger partial charge on any atom is 0.294 e. The van der Waals surface area contributed by atoms with Crippen molar-refractivity contribution >= 4 is 6.08 Å². The molecular formula is C15H21NO6. The van der Waals surface area contributed by atoms with E-state index in [0.29, 0.717) is 29.5 Å². The Kier molecular flexibility index (Phi) is 6.49. The molecule has 0 aromatic heterocycles. The summed E-state index contributed by atoms with van der Waals surface area (Å²) in [6, 6.07) is 0. The number of allylic oxidation sites excluding steroid dienone is 1. The molecule has 1 aromatic rings. The minimum Gasteiger partial charge on any atom is -0.507 e. The highest BCUT2D eigenvalue weighted by atomic mass is 16.9. The van der Waals surface area contributed by atoms with Crippen LogP contribution in [0.4, 0.5) is 0 Å². The van der Waals surface area contributed by atoms with Crippen LogP contribution in [0.2, 0.25) is 0 Å². The lowest BCUT2D eigenvalue weighted by Crippen LogP contribution is -2.01. The molecule has 0 radical (unpaired) electrons. The third-order valence-electron chi connectivity index (χ3n) is 3.38. The van der Waals surface area contributed by atoms with Crippen LogP contribution in [0.3, 0.4) is 0 Å². The van der Waals surface area contributed by atoms with Crippen molar-refractivity contribution in [3.63, 3.8) is 0 Å². The van der Waals surface area contributed by atoms with E-state index < -0.39 is 5.09 Å². The van der Waals surface area contributed by atoms with E-state index in [1.54, 1.807) is 19.9 Å². The molecule has 0 bridgehead atoms. The zero-order chi connectivity index (χ0) is 16.7. The largest absolute Gasteiger partial charge is 0.507 e. The fourth-order valence-corrected chi connectivity index (χ4v) is 2.15. The molecule has 0 atom stereocenters. The molecule has 0 unspecified atom stereocenters. The zero-order valence-corrected chi connectivity index (χ0v) is 13.0. The quantitative estimate of drug-likeness (QED) is 0.331. The molecule has 7 heteroatoms. The molecule has 122 valence electrons. The Morgan fingerprint density at radius 2 is 1.86 bits per heavy atom. The third kappa shape index (κ3) is 4.28. The number of aromatic hydroxyl groups is 2. The second kappa shape index (κ2) is 8.11. The number of methoxy groups -OCH3 is 1. The van der Waals surface area contributed by atoms with Crippen molar-refractivity contribution < 1.29 is 24.9 Å². The Balaban J connectivity index is 2.71. The van der Waals surface area contributed by atoms with Crippen molar-refractivity contribution in [3.8, 4) is 17.2 Å². The van der Waals surface area contributed by atoms with Gasteiger partial charge in [-0.2, -0.15) is 0 Å². The highest BCUT2D eigenvalue weighted by molar-refractivity contribution is 5.71. The summed E-state index contributed by atoms with van der Waals surface area (Å²) in [6.45, 7) is 3.46. The minimum absolute atomic E-state index is 0.0109. The van der Waals surface area contributed by atoms with E-state index in [1.807, 2.05) is 6.08 Å². The molecule has 0 fully saturated rings. The highest BCUT2D eigenvalue weighted by Crippen LogP contribution is 2.42. The number of benzene rings is 1. The number of ether oxygens (including phenoxy) is 1. The van der Waals surface area contributed by atoms with E-state index in [2.05, 4.69) is 4.84 Å². The zero-order valence-electron chi connectivity index (χ0n) is 13.0. The standard InChI is InChI=1S/C15H21NO6/c1-10-12(8-6-4-5-7-9-22-16(19)20)14(18)15(21-3)11(2)13(10)17/h6,8,17-18H,4-5,7,9H2,1-3H3. The van der Waals surface area contributed by atoms with Gasteiger partial charge in [-0.3, -0.25) is 0 Å². The van der Waals surface area contributed by atoms with E-state index in [0.717, 1.165) is 6.42 Å². The summed E-state index contributed by atoms with van der Waals surface area (Å²) in [5.74, 6) is 0.332. The molecule has 0 heterocycles. The predicted octanol–water partition coefficient (Wildman–Crippen LogP) is 3.12. The van der Waals surface area contributed by atoms with Crippen LogP contribution in [-0.4, -0.2) is 29.0 Å². The molecule has 0 aliphatic rings. The minimum atomic E-state index is -0.807. The first-order valence-corrected chi connectivity index (χ1v) is 6.93. The van der Waals surface area contributed by atoms with Crippen molar-refractivity contribution in [1.29, 1.82) is 0 Å². The maximum absolute atomic E-state index is 10.2. The van der Waals surface area contributed by atoms with Gasteiger partial charge in [-0.15, -0.1) is 10.1 Å². The summed E-state index contributed by atoms with van der Waals surface area (Å²) < 4.78 is 5.11. The van der Waals surface area contributed by atoms with Crippen LogP contribution in [-0.2, 0) is 4.84 Å². The SMILES string of the molecule is COc1c(C)c(O)c(C)c(C=CCCCCO[N+](=O)[O-])c1O. The van der Waals surface area contributed by atoms with Gasteiger partial charge >= 0.3 is 0 Å². The number of hydrogen-bond acceptors (Lipinski definition) is 6. The molecule has 0 aliphatic heterocycles. The van der Waals surface area contributed by atoms with E-state index in [-0.39, 0.29) is 23.9 Å². The van der Waals surface area contributed by atoms with E-state index in [1.165, 1.54) is 7.11 Å². The third-order valence-corrected chi connectivity index (χ3v) is 3.38. The first-order valence-electron chi connectivity index (χ1n) is 6.93. The van der Waals surface area contributed by atoms with Gasteiger partial charge in [-0.1, -0.05) is 12.2 Å². The lowest BCUT2D eigenvalue weighted by Gasteiger charge is -2.14. The van der Waals surface area contributed by atoms with Gasteiger partial charge in [0.15, 0.2) is 11.5 Å². The second-order valence-corrected chi connectivity index (χ2v) is 4.85. The van der Waals surface area contributed by atoms with Crippen molar-refractivity contribution in [3.05, 3.63) is 32.9 Å². The second-order valence-electron chi connectivity index (χ2n) is 4.85. The van der Waals surface area contributed by atoms with Crippen LogP contribution in [0, 0.1) is 24.0 Å². The van der Waals surface area contributed by atoms with E-state index in [9.17, 15) is 20.3 Å². The number of phenolic OH excluding ortho intramolecular Hbond substituents is 2. The lowest BCUT2D eigenvalue weighted by atomic mass is 10.0. The van der Waals surface area contributed by atoms with Gasteiger partial charge in [0.1, 0.15) is 5.75 Å². The number of rotatable bonds is 8. The molecule has 2 N–H and O–H groups in total. The molecule has 0 aliphatic carbocycles. The van der Waals surface area contributed by atoms with Gasteiger partial charge in [0.2, 0.25) is 0 Å². The monoisotopic (exact) mass is 311 g/mol. The smallest absolute Gasteiger partial charge is 0.294 e. The van der Waals surface area contributed by atoms with Gasteiger partial charge in [0.25, 0.3) is 5.09 Å². The molecule has 22 heavy (non-hydrogen) atoms. The van der Waals surface area contributed by atoms with Gasteiger partial charge < -0.3 is 19.8 Å². The van der Waals surface area contributed by atoms with E-state index >= 15 is 0 Å². The fraction of sp³-hybridized carbons (Fsp3) is 0.467. The summed E-state index contributed by atoms with van der Waals surface area (Å²) in [4.78, 5) is 14.2. The van der Waals surface area contributed by atoms with Crippen LogP contribution in [0.1, 0.15) is 36.0 Å². The van der Waals surface area contributed by atoms with Gasteiger partial charge in [0.05, 0.1) is 13.7 Å². The Hall–Kier alpha value is -2.44. The molecular weight excluding hydrogens is 290 g/mol. The van der Waals surface area contributed by atoms with Crippen LogP contribution < -0.4 is 4.74 Å². The Morgan fingerprint density at radius 3 is 2.45 bits per heavy atom. The number of nitrogens with zero attached hydrogens (tertiary/aromatic N) is 1. The number of hydrogen-bond donors (Lipinski definition) is 2. The fourth-order valence-electron chi connectivity index (χ4n) is 2.15. The Bertz CT molecular complexity index is 568. The summed E-state index contributed by atoms with van der Waals surface area (Å²) in [5.41, 5.74) is 1.57. The van der Waals surface area contributed by atoms with Crippen molar-refractivity contribution in [2.24, 2.45) is 0 Å². The van der Waals surface area contributed by atoms with Crippen molar-refractivity contribution in [2.45, 2.75) is 33.1 Å². The van der Waals surface area contributed by atoms with Gasteiger partial charge in [-0.05, 0) is 33.1 Å². The van der Waals surface area contributed by atoms with Crippen molar-refractivity contribution in [1.82, 2.24) is 0 Å². The van der Waals surface area contributed by atoms with Gasteiger partial charge in [-0.25, -0.2) is 0 Å². The number of phenols is 2. The lowest BCUT2D eigenvalue weighted by molar-refractivity contribution is -0.757. The maximum atomic E-state index is 10.2. The summed E-state index contributed by atoms with van der Waals surface area (Å²) in [6.07, 6.45) is 5.51. The van der Waals surface area contributed by atoms with Gasteiger partial charge in [0, 0.05) is 16.7 Å². The van der Waals surface area contributed by atoms with Crippen LogP contribution in [0.5, 0.6) is 17.2 Å². The summed E-state index contributed by atoms with van der Waals surface area (Å²) in [7, 11) is 1.43. The average molecular weight is 311 g/mol. The normalized spacial score (nSPS) is 10.9. The molecule has 1 aromatic carbocycles. The highest BCUT2D eigenvalue weighted by Gasteiger charge is 2.17. The van der Waals surface area contributed by atoms with Crippen LogP contribution in [0.25, 0.3) is 6.08 Å². The average Bonchev–Trinajstić information content (AvgIpc) is 2.47.